The smallest absolute Gasteiger partial charge is 0.408 e. The molecule has 0 fully saturated rings. The Kier molecular flexibility index (Phi) is 9.98. The number of ether oxygens (including phenoxy) is 3. The van der Waals surface area contributed by atoms with Crippen molar-refractivity contribution in [2.75, 3.05) is 0 Å². The fourth-order valence-corrected chi connectivity index (χ4v) is 4.41. The number of alkyl carbamates (subject to hydrolysis) is 1. The van der Waals surface area contributed by atoms with Crippen molar-refractivity contribution < 1.29 is 33.3 Å². The summed E-state index contributed by atoms with van der Waals surface area (Å²) in [7, 11) is 0. The number of carboxylic acid groups (broad SMARTS) is 1. The third-order valence-corrected chi connectivity index (χ3v) is 6.33. The van der Waals surface area contributed by atoms with Crippen molar-refractivity contribution in [2.45, 2.75) is 59.0 Å². The molecule has 4 aromatic rings. The number of para-hydroxylation sites is 1. The number of nitrogens with zero attached hydrogens (tertiary/aromatic N) is 1. The number of carbonyl (C=O) groups excluding carboxylic acids is 1. The quantitative estimate of drug-likeness (QED) is 0.191. The first-order valence-electron chi connectivity index (χ1n) is 13.9. The summed E-state index contributed by atoms with van der Waals surface area (Å²) in [6.45, 7) is 7.24. The third kappa shape index (κ3) is 9.03. The highest BCUT2D eigenvalue weighted by molar-refractivity contribution is 5.72. The number of pyridine rings is 1. The zero-order valence-corrected chi connectivity index (χ0v) is 24.6. The maximum absolute atomic E-state index is 16.0. The summed E-state index contributed by atoms with van der Waals surface area (Å²) >= 11 is 0. The first-order chi connectivity index (χ1) is 20.5. The SMILES string of the molecule is CC(NC(=O)OC(C)(C)C)c1cccc(-c2cc(COc3ccccc3CC(=O)O)cc(OCc3ccccn3)c2)c1F. The van der Waals surface area contributed by atoms with Gasteiger partial charge in [0.15, 0.2) is 0 Å². The van der Waals surface area contributed by atoms with Gasteiger partial charge >= 0.3 is 12.1 Å². The Morgan fingerprint density at radius 2 is 1.72 bits per heavy atom. The number of aromatic nitrogens is 1. The van der Waals surface area contributed by atoms with Crippen LogP contribution in [0.25, 0.3) is 11.1 Å². The zero-order valence-electron chi connectivity index (χ0n) is 24.6. The molecule has 1 aromatic heterocycles. The highest BCUT2D eigenvalue weighted by Gasteiger charge is 2.21. The van der Waals surface area contributed by atoms with E-state index in [-0.39, 0.29) is 19.6 Å². The van der Waals surface area contributed by atoms with Crippen LogP contribution in [0.15, 0.2) is 85.1 Å². The molecule has 9 heteroatoms. The predicted octanol–water partition coefficient (Wildman–Crippen LogP) is 7.26. The van der Waals surface area contributed by atoms with Crippen molar-refractivity contribution in [3.63, 3.8) is 0 Å². The Hall–Kier alpha value is -4.92. The number of aliphatic carboxylic acids is 1. The lowest BCUT2D eigenvalue weighted by molar-refractivity contribution is -0.136. The molecule has 3 aromatic carbocycles. The monoisotopic (exact) mass is 586 g/mol. The molecule has 224 valence electrons. The molecule has 2 N–H and O–H groups in total. The van der Waals surface area contributed by atoms with Crippen LogP contribution < -0.4 is 14.8 Å². The number of rotatable bonds is 11. The van der Waals surface area contributed by atoms with Crippen molar-refractivity contribution in [3.8, 4) is 22.6 Å². The maximum atomic E-state index is 16.0. The van der Waals surface area contributed by atoms with Crippen LogP contribution in [0.3, 0.4) is 0 Å². The molecule has 0 saturated carbocycles. The van der Waals surface area contributed by atoms with Gasteiger partial charge in [-0.1, -0.05) is 42.5 Å². The lowest BCUT2D eigenvalue weighted by Crippen LogP contribution is -2.34. The molecule has 1 heterocycles. The number of carbonyl (C=O) groups is 2. The molecule has 0 aliphatic rings. The van der Waals surface area contributed by atoms with Crippen molar-refractivity contribution in [1.29, 1.82) is 0 Å². The highest BCUT2D eigenvalue weighted by atomic mass is 19.1. The number of benzene rings is 3. The fraction of sp³-hybridized carbons (Fsp3) is 0.265. The highest BCUT2D eigenvalue weighted by Crippen LogP contribution is 2.32. The zero-order chi connectivity index (χ0) is 31.0. The summed E-state index contributed by atoms with van der Waals surface area (Å²) in [5.74, 6) is -0.535. The number of nitrogens with one attached hydrogen (secondary N) is 1. The lowest BCUT2D eigenvalue weighted by atomic mass is 9.97. The van der Waals surface area contributed by atoms with Crippen LogP contribution in [0.2, 0.25) is 0 Å². The van der Waals surface area contributed by atoms with Gasteiger partial charge in [-0.15, -0.1) is 0 Å². The van der Waals surface area contributed by atoms with Crippen molar-refractivity contribution in [1.82, 2.24) is 10.3 Å². The lowest BCUT2D eigenvalue weighted by Gasteiger charge is -2.22. The van der Waals surface area contributed by atoms with Crippen LogP contribution in [0, 0.1) is 5.82 Å². The maximum Gasteiger partial charge on any atom is 0.408 e. The third-order valence-electron chi connectivity index (χ3n) is 6.33. The molecule has 4 rings (SSSR count). The Balaban J connectivity index is 1.64. The van der Waals surface area contributed by atoms with Crippen molar-refractivity contribution in [2.24, 2.45) is 0 Å². The molecule has 0 saturated heterocycles. The van der Waals surface area contributed by atoms with Gasteiger partial charge in [0.1, 0.15) is 36.1 Å². The molecule has 0 bridgehead atoms. The van der Waals surface area contributed by atoms with Gasteiger partial charge in [-0.2, -0.15) is 0 Å². The fourth-order valence-electron chi connectivity index (χ4n) is 4.41. The molecule has 0 spiro atoms. The minimum absolute atomic E-state index is 0.0856. The van der Waals surface area contributed by atoms with Gasteiger partial charge in [-0.3, -0.25) is 9.78 Å². The Morgan fingerprint density at radius 3 is 2.44 bits per heavy atom. The standard InChI is InChI=1S/C34H35FN2O6/c1-22(37-33(40)43-34(2,3)4)28-12-9-13-29(32(28)35)25-16-23(17-27(18-25)41-21-26-11-7-8-15-36-26)20-42-30-14-6-5-10-24(30)19-31(38)39/h5-18,22H,19-21H2,1-4H3,(H,37,40)(H,38,39). The largest absolute Gasteiger partial charge is 0.489 e. The van der Waals surface area contributed by atoms with E-state index in [9.17, 15) is 14.7 Å². The first-order valence-corrected chi connectivity index (χ1v) is 13.9. The normalized spacial score (nSPS) is 11.8. The van der Waals surface area contributed by atoms with Crippen molar-refractivity contribution >= 4 is 12.1 Å². The minimum atomic E-state index is -0.964. The van der Waals surface area contributed by atoms with E-state index in [0.717, 1.165) is 5.69 Å². The van der Waals surface area contributed by atoms with Gasteiger partial charge in [0.05, 0.1) is 18.2 Å². The van der Waals surface area contributed by atoms with Gasteiger partial charge in [0.25, 0.3) is 0 Å². The van der Waals surface area contributed by atoms with E-state index < -0.39 is 29.5 Å². The molecule has 1 amide bonds. The topological polar surface area (TPSA) is 107 Å². The number of hydrogen-bond donors (Lipinski definition) is 2. The molecular formula is C34H35FN2O6. The van der Waals surface area contributed by atoms with Gasteiger partial charge in [0, 0.05) is 22.9 Å². The molecule has 8 nitrogen and oxygen atoms in total. The summed E-state index contributed by atoms with van der Waals surface area (Å²) in [5, 5.41) is 12.0. The molecule has 1 unspecified atom stereocenters. The van der Waals surface area contributed by atoms with Gasteiger partial charge in [-0.25, -0.2) is 9.18 Å². The summed E-state index contributed by atoms with van der Waals surface area (Å²) in [4.78, 5) is 27.9. The van der Waals surface area contributed by atoms with Crippen LogP contribution in [-0.4, -0.2) is 27.8 Å². The number of amides is 1. The molecular weight excluding hydrogens is 551 g/mol. The number of halogens is 1. The summed E-state index contributed by atoms with van der Waals surface area (Å²) in [6.07, 6.45) is 0.857. The van der Waals surface area contributed by atoms with Gasteiger partial charge in [0.2, 0.25) is 0 Å². The predicted molar refractivity (Wildman–Crippen MR) is 160 cm³/mol. The van der Waals surface area contributed by atoms with Crippen LogP contribution in [0.4, 0.5) is 9.18 Å². The van der Waals surface area contributed by atoms with E-state index in [0.29, 0.717) is 39.3 Å². The molecule has 0 aliphatic carbocycles. The van der Waals surface area contributed by atoms with Gasteiger partial charge < -0.3 is 24.6 Å². The van der Waals surface area contributed by atoms with Crippen LogP contribution in [0.5, 0.6) is 11.5 Å². The number of carboxylic acids is 1. The van der Waals surface area contributed by atoms with E-state index >= 15 is 4.39 Å². The van der Waals surface area contributed by atoms with E-state index in [1.54, 1.807) is 94.6 Å². The minimum Gasteiger partial charge on any atom is -0.489 e. The van der Waals surface area contributed by atoms with Crippen molar-refractivity contribution in [3.05, 3.63) is 113 Å². The molecule has 0 radical (unpaired) electrons. The second-order valence-electron chi connectivity index (χ2n) is 11.0. The number of hydrogen-bond acceptors (Lipinski definition) is 6. The van der Waals surface area contributed by atoms with Crippen LogP contribution >= 0.6 is 0 Å². The van der Waals surface area contributed by atoms with E-state index in [4.69, 9.17) is 14.2 Å². The molecule has 1 atom stereocenters. The van der Waals surface area contributed by atoms with Crippen LogP contribution in [-0.2, 0) is 29.2 Å². The van der Waals surface area contributed by atoms with E-state index in [1.807, 2.05) is 18.2 Å². The average Bonchev–Trinajstić information content (AvgIpc) is 2.95. The summed E-state index contributed by atoms with van der Waals surface area (Å²) in [6, 6.07) is 22.1. The molecule has 43 heavy (non-hydrogen) atoms. The van der Waals surface area contributed by atoms with E-state index in [1.165, 1.54) is 0 Å². The molecule has 0 aliphatic heterocycles. The second-order valence-corrected chi connectivity index (χ2v) is 11.0. The summed E-state index contributed by atoms with van der Waals surface area (Å²) < 4.78 is 33.4. The first kappa shape index (κ1) is 31.0. The average molecular weight is 587 g/mol. The summed E-state index contributed by atoms with van der Waals surface area (Å²) in [5.41, 5.74) is 2.41. The second kappa shape index (κ2) is 13.8. The van der Waals surface area contributed by atoms with Gasteiger partial charge in [-0.05, 0) is 75.2 Å². The Morgan fingerprint density at radius 1 is 0.953 bits per heavy atom. The Labute approximate surface area is 250 Å². The van der Waals surface area contributed by atoms with Crippen LogP contribution in [0.1, 0.15) is 56.1 Å². The Bertz CT molecular complexity index is 1570. The van der Waals surface area contributed by atoms with E-state index in [2.05, 4.69) is 10.3 Å².